The number of hydrogen-bond donors (Lipinski definition) is 3. The summed E-state index contributed by atoms with van der Waals surface area (Å²) in [5, 5.41) is 18.6. The topological polar surface area (TPSA) is 129 Å². The van der Waals surface area contributed by atoms with E-state index < -0.39 is 41.7 Å². The van der Waals surface area contributed by atoms with Crippen LogP contribution in [0.4, 0.5) is 9.59 Å². The fraction of sp³-hybridized carbons (Fsp3) is 0.714. The first-order valence-corrected chi connectivity index (χ1v) is 7.02. The molecule has 0 aromatic carbocycles. The molecule has 0 rings (SSSR count). The second kappa shape index (κ2) is 7.80. The molecule has 0 spiro atoms. The van der Waals surface area contributed by atoms with Gasteiger partial charge in [0, 0.05) is 6.54 Å². The Labute approximate surface area is 135 Å². The second-order valence-corrected chi connectivity index (χ2v) is 6.75. The first kappa shape index (κ1) is 20.7. The Morgan fingerprint density at radius 1 is 1.04 bits per heavy atom. The van der Waals surface area contributed by atoms with Gasteiger partial charge in [0.1, 0.15) is 11.2 Å². The number of aliphatic carboxylic acids is 1. The molecule has 0 aliphatic rings. The smallest absolute Gasteiger partial charge is 0.417 e. The van der Waals surface area contributed by atoms with Gasteiger partial charge in [-0.1, -0.05) is 0 Å². The number of amides is 2. The van der Waals surface area contributed by atoms with Crippen LogP contribution in [0, 0.1) is 5.41 Å². The van der Waals surface area contributed by atoms with Crippen LogP contribution in [-0.4, -0.2) is 51.9 Å². The number of nitrogens with one attached hydrogen (secondary N) is 2. The third kappa shape index (κ3) is 10.1. The van der Waals surface area contributed by atoms with Crippen LogP contribution < -0.4 is 5.32 Å². The maximum absolute atomic E-state index is 12.1. The highest BCUT2D eigenvalue weighted by Gasteiger charge is 2.27. The summed E-state index contributed by atoms with van der Waals surface area (Å²) in [4.78, 5) is 35.1. The summed E-state index contributed by atoms with van der Waals surface area (Å²) in [6.45, 7) is 9.51. The third-order valence-corrected chi connectivity index (χ3v) is 2.05. The number of ether oxygens (including phenoxy) is 2. The predicted molar refractivity (Wildman–Crippen MR) is 82.3 cm³/mol. The Hall–Kier alpha value is -2.32. The van der Waals surface area contributed by atoms with Crippen LogP contribution in [0.5, 0.6) is 0 Å². The van der Waals surface area contributed by atoms with Gasteiger partial charge in [-0.3, -0.25) is 15.5 Å². The summed E-state index contributed by atoms with van der Waals surface area (Å²) in [6.07, 6.45) is -2.26. The van der Waals surface area contributed by atoms with Crippen molar-refractivity contribution in [1.29, 1.82) is 5.41 Å². The molecule has 0 aromatic rings. The molecule has 0 saturated carbocycles. The van der Waals surface area contributed by atoms with E-state index in [1.807, 2.05) is 0 Å². The van der Waals surface area contributed by atoms with Gasteiger partial charge in [-0.2, -0.15) is 0 Å². The number of carboxylic acid groups (broad SMARTS) is 1. The van der Waals surface area contributed by atoms with Gasteiger partial charge in [-0.15, -0.1) is 0 Å². The minimum atomic E-state index is -1.15. The number of rotatable bonds is 3. The Balaban J connectivity index is 4.97. The van der Waals surface area contributed by atoms with Crippen LogP contribution in [0.1, 0.15) is 48.0 Å². The molecule has 0 fully saturated rings. The highest BCUT2D eigenvalue weighted by molar-refractivity contribution is 6.00. The van der Waals surface area contributed by atoms with Gasteiger partial charge in [0.05, 0.1) is 6.42 Å². The molecule has 3 N–H and O–H groups in total. The van der Waals surface area contributed by atoms with Crippen molar-refractivity contribution in [3.05, 3.63) is 0 Å². The van der Waals surface area contributed by atoms with Crippen LogP contribution in [0.3, 0.4) is 0 Å². The molecule has 0 atom stereocenters. The van der Waals surface area contributed by atoms with Crippen molar-refractivity contribution in [2.45, 2.75) is 59.2 Å². The molecule has 132 valence electrons. The molecule has 0 saturated heterocycles. The van der Waals surface area contributed by atoms with Crippen LogP contribution in [0.15, 0.2) is 0 Å². The normalized spacial score (nSPS) is 11.4. The largest absolute Gasteiger partial charge is 0.481 e. The Morgan fingerprint density at radius 2 is 1.52 bits per heavy atom. The minimum absolute atomic E-state index is 0.321. The molecule has 0 heterocycles. The summed E-state index contributed by atoms with van der Waals surface area (Å²) in [5.41, 5.74) is -1.60. The SMILES string of the molecule is CC(C)(C)OC(=O)NC(=N)N(CCC(=O)O)C(=O)OC(C)(C)C. The summed E-state index contributed by atoms with van der Waals surface area (Å²) >= 11 is 0. The summed E-state index contributed by atoms with van der Waals surface area (Å²) in [5.74, 6) is -1.77. The fourth-order valence-electron chi connectivity index (χ4n) is 1.29. The number of carbonyl (C=O) groups excluding carboxylic acids is 2. The molecule has 0 bridgehead atoms. The van der Waals surface area contributed by atoms with Crippen molar-refractivity contribution >= 4 is 24.1 Å². The van der Waals surface area contributed by atoms with Gasteiger partial charge in [0.2, 0.25) is 5.96 Å². The Morgan fingerprint density at radius 3 is 1.91 bits per heavy atom. The van der Waals surface area contributed by atoms with E-state index in [2.05, 4.69) is 5.32 Å². The van der Waals surface area contributed by atoms with Crippen molar-refractivity contribution < 1.29 is 29.0 Å². The number of nitrogens with zero attached hydrogens (tertiary/aromatic N) is 1. The Kier molecular flexibility index (Phi) is 7.01. The lowest BCUT2D eigenvalue weighted by atomic mass is 10.2. The van der Waals surface area contributed by atoms with E-state index in [0.29, 0.717) is 0 Å². The molecular formula is C14H25N3O6. The molecule has 9 heteroatoms. The lowest BCUT2D eigenvalue weighted by molar-refractivity contribution is -0.137. The molecule has 0 aliphatic carbocycles. The standard InChI is InChI=1S/C14H25N3O6/c1-13(2,3)22-11(20)16-10(15)17(8-7-9(18)19)12(21)23-14(4,5)6/h7-8H2,1-6H3,(H,18,19)(H2,15,16,20). The first-order chi connectivity index (χ1) is 10.2. The highest BCUT2D eigenvalue weighted by Crippen LogP contribution is 2.11. The van der Waals surface area contributed by atoms with Gasteiger partial charge in [-0.25, -0.2) is 14.5 Å². The van der Waals surface area contributed by atoms with E-state index in [4.69, 9.17) is 20.0 Å². The molecule has 0 radical (unpaired) electrons. The summed E-state index contributed by atoms with van der Waals surface area (Å²) in [7, 11) is 0. The van der Waals surface area contributed by atoms with E-state index in [1.165, 1.54) is 0 Å². The van der Waals surface area contributed by atoms with Crippen LogP contribution in [0.2, 0.25) is 0 Å². The van der Waals surface area contributed by atoms with E-state index >= 15 is 0 Å². The van der Waals surface area contributed by atoms with Crippen molar-refractivity contribution in [3.63, 3.8) is 0 Å². The average Bonchev–Trinajstić information content (AvgIpc) is 2.22. The molecule has 23 heavy (non-hydrogen) atoms. The average molecular weight is 331 g/mol. The maximum atomic E-state index is 12.1. The van der Waals surface area contributed by atoms with Gasteiger partial charge in [0.25, 0.3) is 0 Å². The van der Waals surface area contributed by atoms with Crippen molar-refractivity contribution in [2.75, 3.05) is 6.54 Å². The predicted octanol–water partition coefficient (Wildman–Crippen LogP) is 2.16. The monoisotopic (exact) mass is 331 g/mol. The van der Waals surface area contributed by atoms with Gasteiger partial charge >= 0.3 is 18.2 Å². The van der Waals surface area contributed by atoms with Crippen LogP contribution >= 0.6 is 0 Å². The van der Waals surface area contributed by atoms with Crippen LogP contribution in [-0.2, 0) is 14.3 Å². The zero-order valence-corrected chi connectivity index (χ0v) is 14.3. The number of carbonyl (C=O) groups is 3. The van der Waals surface area contributed by atoms with E-state index in [-0.39, 0.29) is 6.54 Å². The summed E-state index contributed by atoms with van der Waals surface area (Å²) < 4.78 is 10.1. The number of hydrogen-bond acceptors (Lipinski definition) is 6. The maximum Gasteiger partial charge on any atom is 0.417 e. The molecule has 9 nitrogen and oxygen atoms in total. The Bertz CT molecular complexity index is 476. The van der Waals surface area contributed by atoms with Gasteiger partial charge in [0.15, 0.2) is 0 Å². The lowest BCUT2D eigenvalue weighted by Crippen LogP contribution is -2.50. The second-order valence-electron chi connectivity index (χ2n) is 6.75. The quantitative estimate of drug-likeness (QED) is 0.537. The van der Waals surface area contributed by atoms with Gasteiger partial charge in [-0.05, 0) is 41.5 Å². The van der Waals surface area contributed by atoms with E-state index in [1.54, 1.807) is 41.5 Å². The van der Waals surface area contributed by atoms with Crippen molar-refractivity contribution in [3.8, 4) is 0 Å². The number of guanidine groups is 1. The third-order valence-electron chi connectivity index (χ3n) is 2.05. The van der Waals surface area contributed by atoms with Gasteiger partial charge < -0.3 is 14.6 Å². The first-order valence-electron chi connectivity index (χ1n) is 7.02. The van der Waals surface area contributed by atoms with Crippen LogP contribution in [0.25, 0.3) is 0 Å². The zero-order chi connectivity index (χ0) is 18.4. The zero-order valence-electron chi connectivity index (χ0n) is 14.3. The van der Waals surface area contributed by atoms with Crippen molar-refractivity contribution in [1.82, 2.24) is 10.2 Å². The van der Waals surface area contributed by atoms with E-state index in [9.17, 15) is 14.4 Å². The number of alkyl carbamates (subject to hydrolysis) is 1. The lowest BCUT2D eigenvalue weighted by Gasteiger charge is -2.27. The number of carboxylic acids is 1. The summed E-state index contributed by atoms with van der Waals surface area (Å²) in [6, 6.07) is 0. The fourth-order valence-corrected chi connectivity index (χ4v) is 1.29. The molecule has 0 unspecified atom stereocenters. The molecular weight excluding hydrogens is 306 g/mol. The highest BCUT2D eigenvalue weighted by atomic mass is 16.6. The molecule has 2 amide bonds. The van der Waals surface area contributed by atoms with E-state index in [0.717, 1.165) is 4.90 Å². The molecule has 0 aliphatic heterocycles. The minimum Gasteiger partial charge on any atom is -0.481 e. The van der Waals surface area contributed by atoms with Crippen molar-refractivity contribution in [2.24, 2.45) is 0 Å². The molecule has 0 aromatic heterocycles.